The Morgan fingerprint density at radius 3 is 2.26 bits per heavy atom. The van der Waals surface area contributed by atoms with Crippen LogP contribution >= 0.6 is 0 Å². The highest BCUT2D eigenvalue weighted by molar-refractivity contribution is 7.91. The minimum Gasteiger partial charge on any atom is -0.356 e. The predicted octanol–water partition coefficient (Wildman–Crippen LogP) is 0.991. The molecule has 3 rings (SSSR count). The summed E-state index contributed by atoms with van der Waals surface area (Å²) in [6.45, 7) is 2.43. The summed E-state index contributed by atoms with van der Waals surface area (Å²) in [5.41, 5.74) is -0.445. The van der Waals surface area contributed by atoms with Gasteiger partial charge in [0.15, 0.2) is 5.78 Å². The van der Waals surface area contributed by atoms with Crippen molar-refractivity contribution in [3.8, 4) is 0 Å². The molecule has 0 spiro atoms. The third-order valence-corrected chi connectivity index (χ3v) is 10.3. The summed E-state index contributed by atoms with van der Waals surface area (Å²) in [6, 6.07) is 7.82. The maximum absolute atomic E-state index is 13.9. The Bertz CT molecular complexity index is 1130. The number of rotatable bonds is 9. The average molecular weight is 514 g/mol. The maximum Gasteiger partial charge on any atom is 0.279 e. The van der Waals surface area contributed by atoms with Gasteiger partial charge in [-0.2, -0.15) is 17.4 Å². The second kappa shape index (κ2) is 10.0. The van der Waals surface area contributed by atoms with Gasteiger partial charge in [-0.15, -0.1) is 0 Å². The zero-order valence-electron chi connectivity index (χ0n) is 20.1. The lowest BCUT2D eigenvalue weighted by atomic mass is 9.66. The van der Waals surface area contributed by atoms with Gasteiger partial charge >= 0.3 is 0 Å². The predicted molar refractivity (Wildman–Crippen MR) is 130 cm³/mol. The lowest BCUT2D eigenvalue weighted by molar-refractivity contribution is -0.139. The van der Waals surface area contributed by atoms with Gasteiger partial charge in [0, 0.05) is 27.1 Å². The summed E-state index contributed by atoms with van der Waals surface area (Å²) in [5, 5.41) is 2.94. The van der Waals surface area contributed by atoms with Crippen LogP contribution in [0.4, 0.5) is 0 Å². The highest BCUT2D eigenvalue weighted by Gasteiger charge is 2.51. The number of hydrogen-bond acceptors (Lipinski definition) is 6. The molecule has 0 bridgehead atoms. The summed E-state index contributed by atoms with van der Waals surface area (Å²) in [6.07, 6.45) is 1.76. The fourth-order valence-electron chi connectivity index (χ4n) is 4.79. The molecule has 34 heavy (non-hydrogen) atoms. The van der Waals surface area contributed by atoms with Crippen LogP contribution in [-0.2, 0) is 42.5 Å². The molecule has 11 heteroatoms. The normalized spacial score (nSPS) is 23.8. The number of Topliss-reactive ketones (excluding diaryl/α,β-unsaturated/α-hetero) is 1. The van der Waals surface area contributed by atoms with Crippen LogP contribution < -0.4 is 10.0 Å². The van der Waals surface area contributed by atoms with Crippen LogP contribution in [0.15, 0.2) is 24.3 Å². The highest BCUT2D eigenvalue weighted by Crippen LogP contribution is 2.41. The Labute approximate surface area is 202 Å². The molecular formula is C23H35N3O6S2. The molecule has 2 aliphatic rings. The van der Waals surface area contributed by atoms with Gasteiger partial charge in [-0.25, -0.2) is 8.42 Å². The first-order valence-corrected chi connectivity index (χ1v) is 14.9. The quantitative estimate of drug-likeness (QED) is 0.507. The van der Waals surface area contributed by atoms with Crippen LogP contribution in [0.2, 0.25) is 0 Å². The maximum atomic E-state index is 13.9. The van der Waals surface area contributed by atoms with Crippen molar-refractivity contribution < 1.29 is 26.4 Å². The largest absolute Gasteiger partial charge is 0.356 e. The van der Waals surface area contributed by atoms with Crippen LogP contribution in [-0.4, -0.2) is 70.5 Å². The van der Waals surface area contributed by atoms with Crippen molar-refractivity contribution in [2.75, 3.05) is 32.1 Å². The number of fused-ring (bicyclic) bond motifs is 1. The monoisotopic (exact) mass is 513 g/mol. The van der Waals surface area contributed by atoms with Crippen molar-refractivity contribution in [2.24, 2.45) is 5.41 Å². The molecule has 2 N–H and O–H groups in total. The third-order valence-electron chi connectivity index (χ3n) is 7.05. The molecule has 1 aromatic rings. The Morgan fingerprint density at radius 2 is 1.68 bits per heavy atom. The standard InChI is InChI=1S/C23H35N3O6S2/c1-4-13-24-21(28)22(10-9-18-7-5-6-8-19(18)16-22)17-20(27)23(25-34(31,32)26(2)3)11-14-33(29,30)15-12-23/h5-8,25H,4,9-17H2,1-3H3,(H,24,28). The first-order valence-electron chi connectivity index (χ1n) is 11.6. The smallest absolute Gasteiger partial charge is 0.279 e. The SMILES string of the molecule is CCCNC(=O)C1(CC(=O)C2(NS(=O)(=O)N(C)C)CCS(=O)(=O)CC2)CCc2ccccc2C1. The molecule has 0 radical (unpaired) electrons. The van der Waals surface area contributed by atoms with Crippen LogP contribution in [0, 0.1) is 5.41 Å². The van der Waals surface area contributed by atoms with Gasteiger partial charge in [0.2, 0.25) is 5.91 Å². The number of ketones is 1. The molecule has 1 unspecified atom stereocenters. The molecule has 1 aromatic carbocycles. The summed E-state index contributed by atoms with van der Waals surface area (Å²) in [4.78, 5) is 27.3. The van der Waals surface area contributed by atoms with Crippen molar-refractivity contribution in [3.05, 3.63) is 35.4 Å². The molecule has 9 nitrogen and oxygen atoms in total. The summed E-state index contributed by atoms with van der Waals surface area (Å²) >= 11 is 0. The number of carbonyl (C=O) groups is 2. The van der Waals surface area contributed by atoms with Crippen molar-refractivity contribution in [1.29, 1.82) is 0 Å². The number of carbonyl (C=O) groups excluding carboxylic acids is 2. The molecule has 1 heterocycles. The highest BCUT2D eigenvalue weighted by atomic mass is 32.2. The fourth-order valence-corrected chi connectivity index (χ4v) is 7.31. The Morgan fingerprint density at radius 1 is 1.06 bits per heavy atom. The summed E-state index contributed by atoms with van der Waals surface area (Å²) in [5.74, 6) is -1.22. The number of aryl methyl sites for hydroxylation is 1. The van der Waals surface area contributed by atoms with Crippen molar-refractivity contribution in [2.45, 2.75) is 57.4 Å². The van der Waals surface area contributed by atoms with Crippen LogP contribution in [0.1, 0.15) is 50.2 Å². The topological polar surface area (TPSA) is 130 Å². The van der Waals surface area contributed by atoms with Gasteiger partial charge in [0.1, 0.15) is 9.84 Å². The molecular weight excluding hydrogens is 478 g/mol. The van der Waals surface area contributed by atoms with E-state index < -0.39 is 36.8 Å². The Kier molecular flexibility index (Phi) is 7.91. The molecule has 0 saturated carbocycles. The van der Waals surface area contributed by atoms with E-state index in [0.717, 1.165) is 21.9 Å². The molecule has 1 aliphatic carbocycles. The lowest BCUT2D eigenvalue weighted by Gasteiger charge is -2.41. The van der Waals surface area contributed by atoms with E-state index in [0.29, 0.717) is 25.8 Å². The molecule has 190 valence electrons. The molecule has 1 aliphatic heterocycles. The number of amides is 1. The van der Waals surface area contributed by atoms with Gasteiger partial charge < -0.3 is 5.32 Å². The minimum atomic E-state index is -4.02. The van der Waals surface area contributed by atoms with E-state index in [1.54, 1.807) is 0 Å². The number of nitrogens with one attached hydrogen (secondary N) is 2. The molecule has 1 fully saturated rings. The fraction of sp³-hybridized carbons (Fsp3) is 0.652. The molecule has 0 aromatic heterocycles. The minimum absolute atomic E-state index is 0.148. The van der Waals surface area contributed by atoms with Gasteiger partial charge in [-0.1, -0.05) is 31.2 Å². The van der Waals surface area contributed by atoms with Crippen LogP contribution in [0.25, 0.3) is 0 Å². The van der Waals surface area contributed by atoms with Gasteiger partial charge in [-0.3, -0.25) is 9.59 Å². The number of nitrogens with zero attached hydrogens (tertiary/aromatic N) is 1. The number of hydrogen-bond donors (Lipinski definition) is 2. The molecule has 1 saturated heterocycles. The van der Waals surface area contributed by atoms with Crippen molar-refractivity contribution in [3.63, 3.8) is 0 Å². The van der Waals surface area contributed by atoms with E-state index in [2.05, 4.69) is 10.0 Å². The van der Waals surface area contributed by atoms with Gasteiger partial charge in [0.25, 0.3) is 10.2 Å². The van der Waals surface area contributed by atoms with E-state index in [4.69, 9.17) is 0 Å². The molecule has 1 amide bonds. The Hall–Kier alpha value is -1.82. The average Bonchev–Trinajstić information content (AvgIpc) is 2.78. The van der Waals surface area contributed by atoms with E-state index in [1.165, 1.54) is 14.1 Å². The first-order chi connectivity index (χ1) is 15.8. The third kappa shape index (κ3) is 5.69. The lowest BCUT2D eigenvalue weighted by Crippen LogP contribution is -2.61. The zero-order chi connectivity index (χ0) is 25.2. The van der Waals surface area contributed by atoms with Crippen molar-refractivity contribution >= 4 is 31.7 Å². The van der Waals surface area contributed by atoms with E-state index >= 15 is 0 Å². The van der Waals surface area contributed by atoms with E-state index in [-0.39, 0.29) is 36.7 Å². The van der Waals surface area contributed by atoms with Gasteiger partial charge in [0.05, 0.1) is 22.5 Å². The summed E-state index contributed by atoms with van der Waals surface area (Å²) in [7, 11) is -4.68. The van der Waals surface area contributed by atoms with Crippen molar-refractivity contribution in [1.82, 2.24) is 14.3 Å². The van der Waals surface area contributed by atoms with E-state index in [9.17, 15) is 26.4 Å². The van der Waals surface area contributed by atoms with Crippen LogP contribution in [0.5, 0.6) is 0 Å². The number of benzene rings is 1. The first kappa shape index (κ1) is 26.8. The Balaban J connectivity index is 1.97. The number of sulfone groups is 1. The summed E-state index contributed by atoms with van der Waals surface area (Å²) < 4.78 is 53.1. The molecule has 1 atom stereocenters. The second-order valence-electron chi connectivity index (χ2n) is 9.71. The second-order valence-corrected chi connectivity index (χ2v) is 13.9. The van der Waals surface area contributed by atoms with E-state index in [1.807, 2.05) is 31.2 Å². The zero-order valence-corrected chi connectivity index (χ0v) is 21.7. The van der Waals surface area contributed by atoms with Gasteiger partial charge in [-0.05, 0) is 49.7 Å². The van der Waals surface area contributed by atoms with Crippen LogP contribution in [0.3, 0.4) is 0 Å².